The second-order valence-corrected chi connectivity index (χ2v) is 5.74. The van der Waals surface area contributed by atoms with Gasteiger partial charge in [0, 0.05) is 5.02 Å². The maximum Gasteiger partial charge on any atom is 0.120 e. The highest BCUT2D eigenvalue weighted by Gasteiger charge is 2.11. The molecule has 0 aliphatic carbocycles. The van der Waals surface area contributed by atoms with E-state index in [0.717, 1.165) is 22.4 Å². The Morgan fingerprint density at radius 3 is 2.26 bits per heavy atom. The first-order valence-corrected chi connectivity index (χ1v) is 7.80. The molecule has 1 N–H and O–H groups in total. The van der Waals surface area contributed by atoms with E-state index >= 15 is 0 Å². The summed E-state index contributed by atoms with van der Waals surface area (Å²) in [5.41, 5.74) is 2.64. The van der Waals surface area contributed by atoms with Crippen LogP contribution in [0.5, 0.6) is 5.75 Å². The van der Waals surface area contributed by atoms with E-state index in [1.54, 1.807) is 12.1 Å². The van der Waals surface area contributed by atoms with Crippen molar-refractivity contribution in [2.24, 2.45) is 0 Å². The molecule has 0 heterocycles. The molecule has 3 aromatic rings. The Labute approximate surface area is 140 Å². The van der Waals surface area contributed by atoms with Crippen LogP contribution in [0.2, 0.25) is 5.02 Å². The van der Waals surface area contributed by atoms with Crippen LogP contribution in [0.1, 0.15) is 22.8 Å². The molecule has 0 radical (unpaired) electrons. The van der Waals surface area contributed by atoms with Crippen molar-refractivity contribution in [3.63, 3.8) is 0 Å². The molecule has 0 aromatic heterocycles. The highest BCUT2D eigenvalue weighted by atomic mass is 35.5. The van der Waals surface area contributed by atoms with E-state index in [4.69, 9.17) is 16.3 Å². The summed E-state index contributed by atoms with van der Waals surface area (Å²) in [5.74, 6) is 0.729. The van der Waals surface area contributed by atoms with E-state index in [1.165, 1.54) is 0 Å². The van der Waals surface area contributed by atoms with Crippen molar-refractivity contribution >= 4 is 11.6 Å². The minimum absolute atomic E-state index is 0.498. The van der Waals surface area contributed by atoms with Crippen LogP contribution >= 0.6 is 11.6 Å². The molecule has 0 saturated carbocycles. The molecule has 0 unspecified atom stereocenters. The zero-order valence-electron chi connectivity index (χ0n) is 12.5. The lowest BCUT2D eigenvalue weighted by molar-refractivity contribution is 0.219. The van der Waals surface area contributed by atoms with Gasteiger partial charge in [-0.15, -0.1) is 0 Å². The standard InChI is InChI=1S/C20H17ClO2/c21-18-10-4-8-16(12-18)20(22)17-9-5-11-19(13-17)23-14-15-6-2-1-3-7-15/h1-13,20,22H,14H2/t20-/m0/s1. The van der Waals surface area contributed by atoms with Crippen molar-refractivity contribution in [2.45, 2.75) is 12.7 Å². The van der Waals surface area contributed by atoms with Gasteiger partial charge in [0.15, 0.2) is 0 Å². The number of hydrogen-bond donors (Lipinski definition) is 1. The molecular formula is C20H17ClO2. The number of aliphatic hydroxyl groups is 1. The van der Waals surface area contributed by atoms with Gasteiger partial charge in [-0.1, -0.05) is 66.2 Å². The summed E-state index contributed by atoms with van der Waals surface area (Å²) in [6, 6.07) is 24.7. The summed E-state index contributed by atoms with van der Waals surface area (Å²) >= 11 is 5.99. The molecule has 0 amide bonds. The molecule has 3 rings (SSSR count). The van der Waals surface area contributed by atoms with Crippen molar-refractivity contribution in [1.82, 2.24) is 0 Å². The first kappa shape index (κ1) is 15.6. The number of halogens is 1. The van der Waals surface area contributed by atoms with Gasteiger partial charge in [-0.25, -0.2) is 0 Å². The summed E-state index contributed by atoms with van der Waals surface area (Å²) in [7, 11) is 0. The van der Waals surface area contributed by atoms with Gasteiger partial charge in [0.25, 0.3) is 0 Å². The fraction of sp³-hybridized carbons (Fsp3) is 0.100. The predicted octanol–water partition coefficient (Wildman–Crippen LogP) is 5.00. The molecule has 0 bridgehead atoms. The van der Waals surface area contributed by atoms with E-state index in [9.17, 15) is 5.11 Å². The van der Waals surface area contributed by atoms with Gasteiger partial charge >= 0.3 is 0 Å². The number of ether oxygens (including phenoxy) is 1. The Kier molecular flexibility index (Phi) is 4.96. The molecular weight excluding hydrogens is 308 g/mol. The van der Waals surface area contributed by atoms with Crippen molar-refractivity contribution in [2.75, 3.05) is 0 Å². The average Bonchev–Trinajstić information content (AvgIpc) is 2.60. The minimum Gasteiger partial charge on any atom is -0.489 e. The fourth-order valence-corrected chi connectivity index (χ4v) is 2.58. The third-order valence-electron chi connectivity index (χ3n) is 3.59. The first-order valence-electron chi connectivity index (χ1n) is 7.42. The fourth-order valence-electron chi connectivity index (χ4n) is 2.38. The van der Waals surface area contributed by atoms with Crippen molar-refractivity contribution in [3.8, 4) is 5.75 Å². The first-order chi connectivity index (χ1) is 11.2. The summed E-state index contributed by atoms with van der Waals surface area (Å²) in [5, 5.41) is 11.1. The third kappa shape index (κ3) is 4.13. The second-order valence-electron chi connectivity index (χ2n) is 5.30. The minimum atomic E-state index is -0.728. The van der Waals surface area contributed by atoms with Gasteiger partial charge in [-0.05, 0) is 41.0 Å². The zero-order chi connectivity index (χ0) is 16.1. The van der Waals surface area contributed by atoms with Crippen LogP contribution in [0, 0.1) is 0 Å². The van der Waals surface area contributed by atoms with E-state index in [-0.39, 0.29) is 0 Å². The summed E-state index contributed by atoms with van der Waals surface area (Å²) in [6.45, 7) is 0.498. The zero-order valence-corrected chi connectivity index (χ0v) is 13.3. The highest BCUT2D eigenvalue weighted by molar-refractivity contribution is 6.30. The van der Waals surface area contributed by atoms with Crippen LogP contribution in [0.15, 0.2) is 78.9 Å². The molecule has 1 atom stereocenters. The lowest BCUT2D eigenvalue weighted by Crippen LogP contribution is -2.01. The van der Waals surface area contributed by atoms with Crippen molar-refractivity contribution in [3.05, 3.63) is 101 Å². The van der Waals surface area contributed by atoms with Crippen LogP contribution in [-0.4, -0.2) is 5.11 Å². The Morgan fingerprint density at radius 1 is 0.826 bits per heavy atom. The number of hydrogen-bond acceptors (Lipinski definition) is 2. The Morgan fingerprint density at radius 2 is 1.52 bits per heavy atom. The predicted molar refractivity (Wildman–Crippen MR) is 92.7 cm³/mol. The van der Waals surface area contributed by atoms with Gasteiger partial charge in [-0.3, -0.25) is 0 Å². The maximum absolute atomic E-state index is 10.5. The normalized spacial score (nSPS) is 11.9. The molecule has 0 fully saturated rings. The van der Waals surface area contributed by atoms with Crippen molar-refractivity contribution in [1.29, 1.82) is 0 Å². The van der Waals surface area contributed by atoms with E-state index in [2.05, 4.69) is 0 Å². The molecule has 116 valence electrons. The highest BCUT2D eigenvalue weighted by Crippen LogP contribution is 2.27. The van der Waals surface area contributed by atoms with Crippen molar-refractivity contribution < 1.29 is 9.84 Å². The molecule has 0 saturated heterocycles. The molecule has 2 nitrogen and oxygen atoms in total. The van der Waals surface area contributed by atoms with Crippen LogP contribution < -0.4 is 4.74 Å². The lowest BCUT2D eigenvalue weighted by atomic mass is 10.0. The van der Waals surface area contributed by atoms with Gasteiger partial charge < -0.3 is 9.84 Å². The van der Waals surface area contributed by atoms with Crippen LogP contribution in [0.3, 0.4) is 0 Å². The molecule has 0 aliphatic heterocycles. The summed E-state index contributed by atoms with van der Waals surface area (Å²) < 4.78 is 5.81. The third-order valence-corrected chi connectivity index (χ3v) is 3.82. The molecule has 23 heavy (non-hydrogen) atoms. The molecule has 0 aliphatic rings. The van der Waals surface area contributed by atoms with E-state index < -0.39 is 6.10 Å². The van der Waals surface area contributed by atoms with Gasteiger partial charge in [-0.2, -0.15) is 0 Å². The SMILES string of the molecule is O[C@@H](c1cccc(Cl)c1)c1cccc(OCc2ccccc2)c1. The van der Waals surface area contributed by atoms with Gasteiger partial charge in [0.05, 0.1) is 0 Å². The van der Waals surface area contributed by atoms with Crippen LogP contribution in [0.25, 0.3) is 0 Å². The van der Waals surface area contributed by atoms with Gasteiger partial charge in [0.1, 0.15) is 18.5 Å². The average molecular weight is 325 g/mol. The molecule has 3 heteroatoms. The van der Waals surface area contributed by atoms with E-state index in [0.29, 0.717) is 11.6 Å². The largest absolute Gasteiger partial charge is 0.489 e. The Balaban J connectivity index is 1.74. The number of rotatable bonds is 5. The smallest absolute Gasteiger partial charge is 0.120 e. The van der Waals surface area contributed by atoms with Gasteiger partial charge in [0.2, 0.25) is 0 Å². The summed E-state index contributed by atoms with van der Waals surface area (Å²) in [4.78, 5) is 0. The quantitative estimate of drug-likeness (QED) is 0.715. The second kappa shape index (κ2) is 7.32. The van der Waals surface area contributed by atoms with Crippen LogP contribution in [-0.2, 0) is 6.61 Å². The monoisotopic (exact) mass is 324 g/mol. The topological polar surface area (TPSA) is 29.5 Å². The van der Waals surface area contributed by atoms with Crippen LogP contribution in [0.4, 0.5) is 0 Å². The number of aliphatic hydroxyl groups excluding tert-OH is 1. The lowest BCUT2D eigenvalue weighted by Gasteiger charge is -2.14. The van der Waals surface area contributed by atoms with E-state index in [1.807, 2.05) is 66.7 Å². The Bertz CT molecular complexity index is 771. The Hall–Kier alpha value is -2.29. The summed E-state index contributed by atoms with van der Waals surface area (Å²) in [6.07, 6.45) is -0.728. The number of benzene rings is 3. The molecule has 0 spiro atoms. The molecule has 3 aromatic carbocycles. The maximum atomic E-state index is 10.5.